The van der Waals surface area contributed by atoms with E-state index in [1.165, 1.54) is 13.2 Å². The summed E-state index contributed by atoms with van der Waals surface area (Å²) in [6.07, 6.45) is -0.110. The molecule has 7 heteroatoms. The summed E-state index contributed by atoms with van der Waals surface area (Å²) in [5.74, 6) is -0.269. The number of methoxy groups -OCH3 is 1. The number of hydrogen-bond donors (Lipinski definition) is 0. The van der Waals surface area contributed by atoms with E-state index >= 15 is 0 Å². The predicted molar refractivity (Wildman–Crippen MR) is 63.7 cm³/mol. The molecule has 0 aliphatic carbocycles. The number of nitrogens with zero attached hydrogens (tertiary/aromatic N) is 1. The van der Waals surface area contributed by atoms with Gasteiger partial charge in [0.25, 0.3) is 5.69 Å². The number of rotatable bonds is 5. The number of carbonyl (C=O) groups excluding carboxylic acids is 1. The second-order valence-corrected chi connectivity index (χ2v) is 4.12. The average molecular weight is 278 g/mol. The highest BCUT2D eigenvalue weighted by atomic mass is 35.5. The summed E-state index contributed by atoms with van der Waals surface area (Å²) in [7, 11) is 1.38. The van der Waals surface area contributed by atoms with Crippen LogP contribution in [0.25, 0.3) is 0 Å². The quantitative estimate of drug-likeness (QED) is 0.613. The highest BCUT2D eigenvalue weighted by molar-refractivity contribution is 6.42. The molecule has 0 spiro atoms. The van der Waals surface area contributed by atoms with Crippen LogP contribution in [0.2, 0.25) is 10.0 Å². The molecule has 17 heavy (non-hydrogen) atoms. The van der Waals surface area contributed by atoms with Crippen molar-refractivity contribution in [1.82, 2.24) is 0 Å². The number of halogens is 2. The molecule has 0 saturated carbocycles. The van der Waals surface area contributed by atoms with E-state index in [-0.39, 0.29) is 40.1 Å². The third-order valence-corrected chi connectivity index (χ3v) is 2.73. The molecule has 0 atom stereocenters. The summed E-state index contributed by atoms with van der Waals surface area (Å²) >= 11 is 11.4. The monoisotopic (exact) mass is 277 g/mol. The van der Waals surface area contributed by atoms with E-state index in [2.05, 4.69) is 4.74 Å². The molecule has 0 saturated heterocycles. The number of hydrogen-bond acceptors (Lipinski definition) is 4. The van der Waals surface area contributed by atoms with Gasteiger partial charge in [-0.1, -0.05) is 23.2 Å². The molecule has 1 aromatic rings. The first-order valence-corrected chi connectivity index (χ1v) is 5.34. The molecule has 5 nitrogen and oxygen atoms in total. The van der Waals surface area contributed by atoms with Crippen molar-refractivity contribution < 1.29 is 14.5 Å². The number of ketones is 1. The van der Waals surface area contributed by atoms with Gasteiger partial charge >= 0.3 is 0 Å². The molecule has 0 heterocycles. The summed E-state index contributed by atoms with van der Waals surface area (Å²) in [5, 5.41) is 11.0. The van der Waals surface area contributed by atoms with Gasteiger partial charge in [0.1, 0.15) is 6.61 Å². The SMILES string of the molecule is COCC(=O)Cc1cc(Cl)c(Cl)cc1[N+](=O)[O-]. The summed E-state index contributed by atoms with van der Waals surface area (Å²) in [6, 6.07) is 2.47. The molecule has 0 N–H and O–H groups in total. The van der Waals surface area contributed by atoms with Crippen LogP contribution in [0.4, 0.5) is 5.69 Å². The molecule has 1 rings (SSSR count). The highest BCUT2D eigenvalue weighted by Gasteiger charge is 2.19. The first kappa shape index (κ1) is 13.9. The van der Waals surface area contributed by atoms with Crippen LogP contribution in [-0.2, 0) is 16.0 Å². The topological polar surface area (TPSA) is 69.4 Å². The lowest BCUT2D eigenvalue weighted by Crippen LogP contribution is -2.11. The zero-order chi connectivity index (χ0) is 13.0. The Kier molecular flexibility index (Phi) is 4.86. The van der Waals surface area contributed by atoms with E-state index in [1.54, 1.807) is 0 Å². The molecule has 92 valence electrons. The van der Waals surface area contributed by atoms with Gasteiger partial charge in [-0.25, -0.2) is 0 Å². The van der Waals surface area contributed by atoms with Crippen molar-refractivity contribution in [3.05, 3.63) is 37.9 Å². The van der Waals surface area contributed by atoms with Crippen molar-refractivity contribution in [3.8, 4) is 0 Å². The van der Waals surface area contributed by atoms with Gasteiger partial charge in [0, 0.05) is 25.2 Å². The normalized spacial score (nSPS) is 10.3. The Morgan fingerprint density at radius 2 is 2.00 bits per heavy atom. The van der Waals surface area contributed by atoms with Crippen molar-refractivity contribution in [2.45, 2.75) is 6.42 Å². The molecule has 0 bridgehead atoms. The lowest BCUT2D eigenvalue weighted by atomic mass is 10.1. The maximum absolute atomic E-state index is 11.4. The Bertz CT molecular complexity index is 462. The Morgan fingerprint density at radius 1 is 1.41 bits per heavy atom. The standard InChI is InChI=1S/C10H9Cl2NO4/c1-17-5-7(14)2-6-3-8(11)9(12)4-10(6)13(15)16/h3-4H,2,5H2,1H3. The van der Waals surface area contributed by atoms with Crippen molar-refractivity contribution >= 4 is 34.7 Å². The van der Waals surface area contributed by atoms with Gasteiger partial charge in [-0.3, -0.25) is 14.9 Å². The fourth-order valence-electron chi connectivity index (χ4n) is 1.31. The van der Waals surface area contributed by atoms with E-state index in [0.717, 1.165) is 6.07 Å². The number of ether oxygens (including phenoxy) is 1. The fraction of sp³-hybridized carbons (Fsp3) is 0.300. The lowest BCUT2D eigenvalue weighted by molar-refractivity contribution is -0.385. The van der Waals surface area contributed by atoms with Crippen LogP contribution in [0.5, 0.6) is 0 Å². The molecule has 0 radical (unpaired) electrons. The summed E-state index contributed by atoms with van der Waals surface area (Å²) in [4.78, 5) is 21.5. The van der Waals surface area contributed by atoms with E-state index in [0.29, 0.717) is 0 Å². The van der Waals surface area contributed by atoms with E-state index in [9.17, 15) is 14.9 Å². The van der Waals surface area contributed by atoms with E-state index < -0.39 is 4.92 Å². The Balaban J connectivity index is 3.08. The van der Waals surface area contributed by atoms with Crippen LogP contribution in [0.3, 0.4) is 0 Å². The van der Waals surface area contributed by atoms with Gasteiger partial charge in [0.05, 0.1) is 15.0 Å². The van der Waals surface area contributed by atoms with Crippen LogP contribution in [0.15, 0.2) is 12.1 Å². The number of carbonyl (C=O) groups is 1. The molecule has 1 aromatic carbocycles. The fourth-order valence-corrected chi connectivity index (χ4v) is 1.66. The minimum absolute atomic E-state index is 0.0845. The molecule has 0 aliphatic heterocycles. The van der Waals surface area contributed by atoms with Crippen molar-refractivity contribution in [1.29, 1.82) is 0 Å². The van der Waals surface area contributed by atoms with Crippen molar-refractivity contribution in [3.63, 3.8) is 0 Å². The van der Waals surface area contributed by atoms with Crippen LogP contribution in [0, 0.1) is 10.1 Å². The second-order valence-electron chi connectivity index (χ2n) is 3.30. The number of benzene rings is 1. The molecule has 0 fully saturated rings. The van der Waals surface area contributed by atoms with E-state index in [1.807, 2.05) is 0 Å². The maximum Gasteiger partial charge on any atom is 0.274 e. The van der Waals surface area contributed by atoms with Gasteiger partial charge in [-0.15, -0.1) is 0 Å². The second kappa shape index (κ2) is 5.95. The summed E-state index contributed by atoms with van der Waals surface area (Å²) < 4.78 is 4.65. The zero-order valence-electron chi connectivity index (χ0n) is 8.91. The Hall–Kier alpha value is -1.17. The molecule has 0 unspecified atom stereocenters. The largest absolute Gasteiger partial charge is 0.377 e. The molecular formula is C10H9Cl2NO4. The minimum atomic E-state index is -0.600. The highest BCUT2D eigenvalue weighted by Crippen LogP contribution is 2.30. The Labute approximate surface area is 107 Å². The van der Waals surface area contributed by atoms with Gasteiger partial charge < -0.3 is 4.74 Å². The lowest BCUT2D eigenvalue weighted by Gasteiger charge is -2.04. The third kappa shape index (κ3) is 3.66. The van der Waals surface area contributed by atoms with Gasteiger partial charge in [0.2, 0.25) is 0 Å². The minimum Gasteiger partial charge on any atom is -0.377 e. The first-order chi connectivity index (χ1) is 7.95. The van der Waals surface area contributed by atoms with Crippen molar-refractivity contribution in [2.75, 3.05) is 13.7 Å². The molecular weight excluding hydrogens is 269 g/mol. The van der Waals surface area contributed by atoms with E-state index in [4.69, 9.17) is 23.2 Å². The average Bonchev–Trinajstić information content (AvgIpc) is 2.23. The first-order valence-electron chi connectivity index (χ1n) is 4.58. The van der Waals surface area contributed by atoms with Crippen molar-refractivity contribution in [2.24, 2.45) is 0 Å². The Morgan fingerprint density at radius 3 is 2.53 bits per heavy atom. The van der Waals surface area contributed by atoms with Crippen LogP contribution in [-0.4, -0.2) is 24.4 Å². The predicted octanol–water partition coefficient (Wildman–Crippen LogP) is 2.66. The third-order valence-electron chi connectivity index (χ3n) is 2.01. The number of nitro groups is 1. The molecule has 0 aromatic heterocycles. The zero-order valence-corrected chi connectivity index (χ0v) is 10.4. The number of nitro benzene ring substituents is 1. The van der Waals surface area contributed by atoms with Gasteiger partial charge in [-0.2, -0.15) is 0 Å². The van der Waals surface area contributed by atoms with Gasteiger partial charge in [-0.05, 0) is 6.07 Å². The molecule has 0 aliphatic rings. The summed E-state index contributed by atoms with van der Waals surface area (Å²) in [5.41, 5.74) is 0.00954. The van der Waals surface area contributed by atoms with Crippen LogP contribution in [0.1, 0.15) is 5.56 Å². The van der Waals surface area contributed by atoms with Crippen LogP contribution < -0.4 is 0 Å². The summed E-state index contributed by atoms with van der Waals surface area (Å²) in [6.45, 7) is -0.0998. The molecule has 0 amide bonds. The van der Waals surface area contributed by atoms with Crippen LogP contribution >= 0.6 is 23.2 Å². The maximum atomic E-state index is 11.4. The van der Waals surface area contributed by atoms with Gasteiger partial charge in [0.15, 0.2) is 5.78 Å². The number of Topliss-reactive ketones (excluding diaryl/α,β-unsaturated/α-hetero) is 1. The smallest absolute Gasteiger partial charge is 0.274 e.